The average molecular weight is 459 g/mol. The second-order valence-electron chi connectivity index (χ2n) is 6.95. The monoisotopic (exact) mass is 458 g/mol. The Morgan fingerprint density at radius 2 is 1.68 bits per heavy atom. The molecule has 0 radical (unpaired) electrons. The lowest BCUT2D eigenvalue weighted by Gasteiger charge is -2.10. The van der Waals surface area contributed by atoms with Crippen molar-refractivity contribution in [2.45, 2.75) is 24.7 Å². The molecule has 31 heavy (non-hydrogen) atoms. The van der Waals surface area contributed by atoms with Crippen LogP contribution in [0.15, 0.2) is 77.7 Å². The molecule has 0 aromatic heterocycles. The lowest BCUT2D eigenvalue weighted by Crippen LogP contribution is -2.14. The molecular formula is C23H23ClN2O4S. The van der Waals surface area contributed by atoms with Crippen molar-refractivity contribution in [3.05, 3.63) is 83.4 Å². The third-order valence-corrected chi connectivity index (χ3v) is 6.00. The van der Waals surface area contributed by atoms with Crippen LogP contribution in [0.4, 0.5) is 11.4 Å². The summed E-state index contributed by atoms with van der Waals surface area (Å²) in [5.41, 5.74) is 1.98. The van der Waals surface area contributed by atoms with Crippen molar-refractivity contribution in [3.63, 3.8) is 0 Å². The Bertz CT molecular complexity index is 1130. The van der Waals surface area contributed by atoms with E-state index in [1.165, 1.54) is 12.1 Å². The third-order valence-electron chi connectivity index (χ3n) is 4.35. The van der Waals surface area contributed by atoms with Crippen LogP contribution >= 0.6 is 11.6 Å². The zero-order valence-corrected chi connectivity index (χ0v) is 18.5. The Labute approximate surface area is 187 Å². The Morgan fingerprint density at radius 1 is 0.968 bits per heavy atom. The number of ether oxygens (including phenoxy) is 1. The van der Waals surface area contributed by atoms with Gasteiger partial charge in [0.15, 0.2) is 0 Å². The van der Waals surface area contributed by atoms with Crippen LogP contribution in [0, 0.1) is 6.92 Å². The van der Waals surface area contributed by atoms with E-state index in [1.807, 2.05) is 13.0 Å². The predicted molar refractivity (Wildman–Crippen MR) is 123 cm³/mol. The number of carbonyl (C=O) groups is 1. The van der Waals surface area contributed by atoms with Gasteiger partial charge in [-0.15, -0.1) is 0 Å². The van der Waals surface area contributed by atoms with E-state index in [0.717, 1.165) is 5.56 Å². The van der Waals surface area contributed by atoms with E-state index in [2.05, 4.69) is 10.0 Å². The average Bonchev–Trinajstić information content (AvgIpc) is 2.72. The van der Waals surface area contributed by atoms with Crippen LogP contribution in [0.5, 0.6) is 5.75 Å². The number of hydrogen-bond donors (Lipinski definition) is 2. The number of anilines is 2. The highest BCUT2D eigenvalue weighted by Crippen LogP contribution is 2.19. The minimum atomic E-state index is -3.71. The number of halogens is 1. The normalized spacial score (nSPS) is 11.0. The first-order valence-electron chi connectivity index (χ1n) is 9.70. The number of aryl methyl sites for hydroxylation is 1. The molecule has 0 fully saturated rings. The molecule has 2 N–H and O–H groups in total. The standard InChI is InChI=1S/C23H23ClN2O4S/c1-17-4-2-5-20(16-17)26-31(28,29)22-13-9-19(10-14-22)25-23(27)6-3-15-30-21-11-7-18(24)8-12-21/h2,4-5,7-14,16,26H,3,6,15H2,1H3,(H,25,27). The van der Waals surface area contributed by atoms with E-state index in [0.29, 0.717) is 35.2 Å². The summed E-state index contributed by atoms with van der Waals surface area (Å²) in [5.74, 6) is 0.522. The van der Waals surface area contributed by atoms with Crippen molar-refractivity contribution in [1.29, 1.82) is 0 Å². The molecule has 3 aromatic rings. The molecule has 0 saturated heterocycles. The van der Waals surface area contributed by atoms with Gasteiger partial charge in [0.25, 0.3) is 10.0 Å². The SMILES string of the molecule is Cc1cccc(NS(=O)(=O)c2ccc(NC(=O)CCCOc3ccc(Cl)cc3)cc2)c1. The maximum absolute atomic E-state index is 12.5. The first-order chi connectivity index (χ1) is 14.8. The Balaban J connectivity index is 1.48. The van der Waals surface area contributed by atoms with Gasteiger partial charge < -0.3 is 10.1 Å². The topological polar surface area (TPSA) is 84.5 Å². The highest BCUT2D eigenvalue weighted by atomic mass is 35.5. The first kappa shape index (κ1) is 22.7. The van der Waals surface area contributed by atoms with Crippen molar-refractivity contribution in [2.75, 3.05) is 16.6 Å². The zero-order chi connectivity index (χ0) is 22.3. The number of nitrogens with one attached hydrogen (secondary N) is 2. The summed E-state index contributed by atoms with van der Waals surface area (Å²) in [7, 11) is -3.71. The summed E-state index contributed by atoms with van der Waals surface area (Å²) >= 11 is 5.82. The number of benzene rings is 3. The van der Waals surface area contributed by atoms with E-state index in [4.69, 9.17) is 16.3 Å². The molecule has 0 aliphatic heterocycles. The molecule has 0 aliphatic rings. The number of carbonyl (C=O) groups excluding carboxylic acids is 1. The molecule has 0 aliphatic carbocycles. The fourth-order valence-electron chi connectivity index (χ4n) is 2.82. The molecule has 0 atom stereocenters. The molecule has 0 spiro atoms. The van der Waals surface area contributed by atoms with Gasteiger partial charge in [0.2, 0.25) is 5.91 Å². The van der Waals surface area contributed by atoms with Crippen LogP contribution in [-0.4, -0.2) is 20.9 Å². The van der Waals surface area contributed by atoms with Gasteiger partial charge >= 0.3 is 0 Å². The zero-order valence-electron chi connectivity index (χ0n) is 17.0. The van der Waals surface area contributed by atoms with Gasteiger partial charge in [-0.25, -0.2) is 8.42 Å². The van der Waals surface area contributed by atoms with Crippen LogP contribution in [0.2, 0.25) is 5.02 Å². The first-order valence-corrected chi connectivity index (χ1v) is 11.6. The van der Waals surface area contributed by atoms with Gasteiger partial charge in [-0.1, -0.05) is 23.7 Å². The number of hydrogen-bond acceptors (Lipinski definition) is 4. The van der Waals surface area contributed by atoms with E-state index in [1.54, 1.807) is 54.6 Å². The van der Waals surface area contributed by atoms with Crippen LogP contribution < -0.4 is 14.8 Å². The van der Waals surface area contributed by atoms with Crippen LogP contribution in [0.25, 0.3) is 0 Å². The van der Waals surface area contributed by atoms with Crippen LogP contribution in [-0.2, 0) is 14.8 Å². The fraction of sp³-hybridized carbons (Fsp3) is 0.174. The molecule has 1 amide bonds. The van der Waals surface area contributed by atoms with Crippen molar-refractivity contribution >= 4 is 38.9 Å². The molecule has 0 heterocycles. The summed E-state index contributed by atoms with van der Waals surface area (Å²) in [6, 6.07) is 20.2. The Kier molecular flexibility index (Phi) is 7.55. The molecule has 8 heteroatoms. The Hall–Kier alpha value is -3.03. The van der Waals surface area contributed by atoms with Crippen LogP contribution in [0.3, 0.4) is 0 Å². The van der Waals surface area contributed by atoms with Crippen molar-refractivity contribution in [1.82, 2.24) is 0 Å². The van der Waals surface area contributed by atoms with E-state index in [9.17, 15) is 13.2 Å². The molecular weight excluding hydrogens is 436 g/mol. The van der Waals surface area contributed by atoms with Crippen molar-refractivity contribution in [3.8, 4) is 5.75 Å². The van der Waals surface area contributed by atoms with Gasteiger partial charge in [-0.3, -0.25) is 9.52 Å². The van der Waals surface area contributed by atoms with Gasteiger partial charge in [0.1, 0.15) is 5.75 Å². The summed E-state index contributed by atoms with van der Waals surface area (Å²) in [4.78, 5) is 12.2. The maximum atomic E-state index is 12.5. The van der Waals surface area contributed by atoms with Gasteiger partial charge in [-0.05, 0) is 79.6 Å². The fourth-order valence-corrected chi connectivity index (χ4v) is 3.99. The summed E-state index contributed by atoms with van der Waals surface area (Å²) in [6.07, 6.45) is 0.823. The van der Waals surface area contributed by atoms with Gasteiger partial charge in [0, 0.05) is 22.8 Å². The summed E-state index contributed by atoms with van der Waals surface area (Å²) in [5, 5.41) is 3.39. The molecule has 0 bridgehead atoms. The summed E-state index contributed by atoms with van der Waals surface area (Å²) < 4.78 is 33.2. The third kappa shape index (κ3) is 7.01. The second kappa shape index (κ2) is 10.3. The predicted octanol–water partition coefficient (Wildman–Crippen LogP) is 5.25. The van der Waals surface area contributed by atoms with Crippen molar-refractivity contribution in [2.24, 2.45) is 0 Å². The Morgan fingerprint density at radius 3 is 2.35 bits per heavy atom. The summed E-state index contributed by atoms with van der Waals surface area (Å²) in [6.45, 7) is 2.29. The number of rotatable bonds is 9. The number of amides is 1. The largest absolute Gasteiger partial charge is 0.494 e. The van der Waals surface area contributed by atoms with Crippen LogP contribution in [0.1, 0.15) is 18.4 Å². The van der Waals surface area contributed by atoms with Crippen molar-refractivity contribution < 1.29 is 17.9 Å². The highest BCUT2D eigenvalue weighted by Gasteiger charge is 2.14. The quantitative estimate of drug-likeness (QED) is 0.429. The molecule has 0 saturated carbocycles. The molecule has 162 valence electrons. The van der Waals surface area contributed by atoms with E-state index in [-0.39, 0.29) is 17.2 Å². The van der Waals surface area contributed by atoms with E-state index < -0.39 is 10.0 Å². The lowest BCUT2D eigenvalue weighted by atomic mass is 10.2. The highest BCUT2D eigenvalue weighted by molar-refractivity contribution is 7.92. The minimum absolute atomic E-state index is 0.114. The lowest BCUT2D eigenvalue weighted by molar-refractivity contribution is -0.116. The molecule has 0 unspecified atom stereocenters. The molecule has 3 rings (SSSR count). The molecule has 3 aromatic carbocycles. The molecule has 6 nitrogen and oxygen atoms in total. The van der Waals surface area contributed by atoms with E-state index >= 15 is 0 Å². The smallest absolute Gasteiger partial charge is 0.261 e. The minimum Gasteiger partial charge on any atom is -0.494 e. The second-order valence-corrected chi connectivity index (χ2v) is 9.07. The van der Waals surface area contributed by atoms with Gasteiger partial charge in [-0.2, -0.15) is 0 Å². The maximum Gasteiger partial charge on any atom is 0.261 e. The number of sulfonamides is 1. The van der Waals surface area contributed by atoms with Gasteiger partial charge in [0.05, 0.1) is 11.5 Å².